The van der Waals surface area contributed by atoms with E-state index in [0.717, 1.165) is 19.3 Å². The number of rotatable bonds is 2. The van der Waals surface area contributed by atoms with E-state index in [2.05, 4.69) is 13.8 Å². The molecule has 0 amide bonds. The summed E-state index contributed by atoms with van der Waals surface area (Å²) in [6.07, 6.45) is 2.91. The van der Waals surface area contributed by atoms with Crippen LogP contribution in [0.4, 0.5) is 0 Å². The Kier molecular flexibility index (Phi) is 4.23. The second kappa shape index (κ2) is 4.97. The molecule has 2 atom stereocenters. The molecule has 0 aromatic carbocycles. The average molecular weight is 242 g/mol. The lowest BCUT2D eigenvalue weighted by molar-refractivity contribution is -0.165. The van der Waals surface area contributed by atoms with Crippen LogP contribution in [0.3, 0.4) is 0 Å². The van der Waals surface area contributed by atoms with E-state index >= 15 is 0 Å². The van der Waals surface area contributed by atoms with Gasteiger partial charge in [0.2, 0.25) is 0 Å². The Morgan fingerprint density at radius 2 is 1.82 bits per heavy atom. The molecule has 0 N–H and O–H groups in total. The number of carbonyl (C=O) groups excluding carboxylic acids is 1. The molecule has 0 aliphatic heterocycles. The maximum Gasteiger partial charge on any atom is 0.309 e. The second-order valence-electron chi connectivity index (χ2n) is 6.72. The summed E-state index contributed by atoms with van der Waals surface area (Å²) in [5, 5.41) is 0. The zero-order valence-corrected chi connectivity index (χ0v) is 12.0. The molecule has 1 rings (SSSR count). The van der Waals surface area contributed by atoms with Gasteiger partial charge in [-0.2, -0.15) is 0 Å². The molecule has 0 aromatic rings. The van der Waals surface area contributed by atoms with Gasteiger partial charge >= 0.3 is 5.97 Å². The fraction of sp³-hybridized carbons (Fsp3) is 0.929. The highest BCUT2D eigenvalue weighted by Crippen LogP contribution is 2.41. The lowest BCUT2D eigenvalue weighted by Gasteiger charge is -2.41. The van der Waals surface area contributed by atoms with Crippen molar-refractivity contribution in [2.24, 2.45) is 11.3 Å². The SMILES string of the molecule is CO[C@@H]1CCC(C(=O)OC(C)(C)C)CC1(C)C. The maximum atomic E-state index is 12.0. The predicted molar refractivity (Wildman–Crippen MR) is 67.8 cm³/mol. The standard InChI is InChI=1S/C14H26O3/c1-13(2,3)17-12(15)10-7-8-11(16-6)14(4,5)9-10/h10-11H,7-9H2,1-6H3/t10?,11-/m1/s1. The molecule has 1 unspecified atom stereocenters. The normalized spacial score (nSPS) is 28.8. The molecule has 1 aliphatic carbocycles. The van der Waals surface area contributed by atoms with Crippen LogP contribution in [-0.4, -0.2) is 24.8 Å². The lowest BCUT2D eigenvalue weighted by atomic mass is 9.70. The molecule has 0 heterocycles. The maximum absolute atomic E-state index is 12.0. The van der Waals surface area contributed by atoms with Crippen molar-refractivity contribution in [3.8, 4) is 0 Å². The average Bonchev–Trinajstić information content (AvgIpc) is 2.13. The summed E-state index contributed by atoms with van der Waals surface area (Å²) in [6.45, 7) is 10.1. The molecule has 0 saturated heterocycles. The predicted octanol–water partition coefficient (Wildman–Crippen LogP) is 3.17. The third kappa shape index (κ3) is 3.98. The summed E-state index contributed by atoms with van der Waals surface area (Å²) in [7, 11) is 1.75. The number of methoxy groups -OCH3 is 1. The number of hydrogen-bond donors (Lipinski definition) is 0. The molecule has 1 saturated carbocycles. The third-order valence-corrected chi connectivity index (χ3v) is 3.45. The molecule has 1 fully saturated rings. The Morgan fingerprint density at radius 3 is 2.24 bits per heavy atom. The largest absolute Gasteiger partial charge is 0.460 e. The van der Waals surface area contributed by atoms with Gasteiger partial charge in [0.15, 0.2) is 0 Å². The first-order valence-corrected chi connectivity index (χ1v) is 6.41. The smallest absolute Gasteiger partial charge is 0.309 e. The Hall–Kier alpha value is -0.570. The van der Waals surface area contributed by atoms with E-state index in [9.17, 15) is 4.79 Å². The fourth-order valence-corrected chi connectivity index (χ4v) is 2.64. The molecule has 100 valence electrons. The highest BCUT2D eigenvalue weighted by atomic mass is 16.6. The first-order chi connectivity index (χ1) is 7.65. The van der Waals surface area contributed by atoms with E-state index in [1.807, 2.05) is 20.8 Å². The van der Waals surface area contributed by atoms with E-state index in [1.165, 1.54) is 0 Å². The molecule has 0 spiro atoms. The van der Waals surface area contributed by atoms with Crippen LogP contribution >= 0.6 is 0 Å². The van der Waals surface area contributed by atoms with Crippen LogP contribution in [0.25, 0.3) is 0 Å². The summed E-state index contributed by atoms with van der Waals surface area (Å²) in [4.78, 5) is 12.0. The van der Waals surface area contributed by atoms with Crippen molar-refractivity contribution in [1.29, 1.82) is 0 Å². The van der Waals surface area contributed by atoms with E-state index in [0.29, 0.717) is 0 Å². The van der Waals surface area contributed by atoms with Gasteiger partial charge in [-0.05, 0) is 45.4 Å². The van der Waals surface area contributed by atoms with Crippen LogP contribution < -0.4 is 0 Å². The summed E-state index contributed by atoms with van der Waals surface area (Å²) in [5.41, 5.74) is -0.339. The van der Waals surface area contributed by atoms with Gasteiger partial charge in [0.1, 0.15) is 5.60 Å². The number of hydrogen-bond acceptors (Lipinski definition) is 3. The lowest BCUT2D eigenvalue weighted by Crippen LogP contribution is -2.41. The molecule has 0 aromatic heterocycles. The van der Waals surface area contributed by atoms with E-state index in [4.69, 9.17) is 9.47 Å². The van der Waals surface area contributed by atoms with Crippen LogP contribution in [0.2, 0.25) is 0 Å². The first-order valence-electron chi connectivity index (χ1n) is 6.41. The van der Waals surface area contributed by atoms with Gasteiger partial charge in [0.25, 0.3) is 0 Å². The number of ether oxygens (including phenoxy) is 2. The summed E-state index contributed by atoms with van der Waals surface area (Å²) < 4.78 is 10.9. The summed E-state index contributed by atoms with van der Waals surface area (Å²) >= 11 is 0. The molecule has 0 radical (unpaired) electrons. The topological polar surface area (TPSA) is 35.5 Å². The van der Waals surface area contributed by atoms with Gasteiger partial charge in [-0.1, -0.05) is 13.8 Å². The van der Waals surface area contributed by atoms with Gasteiger partial charge in [-0.15, -0.1) is 0 Å². The van der Waals surface area contributed by atoms with Crippen molar-refractivity contribution in [1.82, 2.24) is 0 Å². The zero-order chi connectivity index (χ0) is 13.3. The van der Waals surface area contributed by atoms with Gasteiger partial charge < -0.3 is 9.47 Å². The minimum absolute atomic E-state index is 0.0237. The zero-order valence-electron chi connectivity index (χ0n) is 12.0. The van der Waals surface area contributed by atoms with Crippen molar-refractivity contribution >= 4 is 5.97 Å². The van der Waals surface area contributed by atoms with Crippen molar-refractivity contribution in [3.05, 3.63) is 0 Å². The van der Waals surface area contributed by atoms with Gasteiger partial charge in [-0.25, -0.2) is 0 Å². The van der Waals surface area contributed by atoms with Crippen molar-refractivity contribution < 1.29 is 14.3 Å². The van der Waals surface area contributed by atoms with E-state index < -0.39 is 0 Å². The molecule has 0 bridgehead atoms. The Bertz CT molecular complexity index is 276. The Morgan fingerprint density at radius 1 is 1.24 bits per heavy atom. The Balaban J connectivity index is 2.62. The van der Waals surface area contributed by atoms with E-state index in [-0.39, 0.29) is 29.0 Å². The van der Waals surface area contributed by atoms with Crippen LogP contribution in [0.1, 0.15) is 53.9 Å². The molecular formula is C14H26O3. The fourth-order valence-electron chi connectivity index (χ4n) is 2.64. The molecule has 3 nitrogen and oxygen atoms in total. The van der Waals surface area contributed by atoms with Gasteiger partial charge in [0, 0.05) is 7.11 Å². The third-order valence-electron chi connectivity index (χ3n) is 3.45. The molecular weight excluding hydrogens is 216 g/mol. The monoisotopic (exact) mass is 242 g/mol. The van der Waals surface area contributed by atoms with Gasteiger partial charge in [0.05, 0.1) is 12.0 Å². The molecule has 1 aliphatic rings. The first kappa shape index (κ1) is 14.5. The van der Waals surface area contributed by atoms with E-state index in [1.54, 1.807) is 7.11 Å². The van der Waals surface area contributed by atoms with Gasteiger partial charge in [-0.3, -0.25) is 4.79 Å². The molecule has 17 heavy (non-hydrogen) atoms. The van der Waals surface area contributed by atoms with Crippen molar-refractivity contribution in [3.63, 3.8) is 0 Å². The number of esters is 1. The van der Waals surface area contributed by atoms with Crippen LogP contribution in [-0.2, 0) is 14.3 Å². The minimum atomic E-state index is -0.390. The summed E-state index contributed by atoms with van der Waals surface area (Å²) in [5.74, 6) is -0.0317. The second-order valence-corrected chi connectivity index (χ2v) is 6.72. The van der Waals surface area contributed by atoms with Crippen molar-refractivity contribution in [2.45, 2.75) is 65.6 Å². The van der Waals surface area contributed by atoms with Crippen molar-refractivity contribution in [2.75, 3.05) is 7.11 Å². The summed E-state index contributed by atoms with van der Waals surface area (Å²) in [6, 6.07) is 0. The Labute approximate surface area is 105 Å². The quantitative estimate of drug-likeness (QED) is 0.698. The van der Waals surface area contributed by atoms with Crippen LogP contribution in [0.5, 0.6) is 0 Å². The minimum Gasteiger partial charge on any atom is -0.460 e. The van der Waals surface area contributed by atoms with Crippen LogP contribution in [0, 0.1) is 11.3 Å². The molecule has 3 heteroatoms. The highest BCUT2D eigenvalue weighted by molar-refractivity contribution is 5.73. The van der Waals surface area contributed by atoms with Crippen LogP contribution in [0.15, 0.2) is 0 Å². The number of carbonyl (C=O) groups is 1. The highest BCUT2D eigenvalue weighted by Gasteiger charge is 2.40.